The summed E-state index contributed by atoms with van der Waals surface area (Å²) in [4.78, 5) is 12.4. The van der Waals surface area contributed by atoms with Crippen molar-refractivity contribution in [1.29, 1.82) is 0 Å². The Morgan fingerprint density at radius 3 is 2.21 bits per heavy atom. The number of nitrogens with one attached hydrogen (secondary N) is 2. The quantitative estimate of drug-likeness (QED) is 0.535. The van der Waals surface area contributed by atoms with Gasteiger partial charge in [-0.15, -0.1) is 0 Å². The van der Waals surface area contributed by atoms with Crippen LogP contribution < -0.4 is 19.5 Å². The van der Waals surface area contributed by atoms with Crippen LogP contribution in [0.15, 0.2) is 53.4 Å². The summed E-state index contributed by atoms with van der Waals surface area (Å²) in [7, 11) is -0.504. The molecule has 0 aliphatic rings. The fourth-order valence-corrected chi connectivity index (χ4v) is 3.41. The maximum absolute atomic E-state index is 12.2. The van der Waals surface area contributed by atoms with Crippen molar-refractivity contribution in [2.24, 2.45) is 0 Å². The van der Waals surface area contributed by atoms with Gasteiger partial charge in [0.15, 0.2) is 6.10 Å². The zero-order valence-electron chi connectivity index (χ0n) is 16.7. The molecule has 1 atom stereocenters. The number of methoxy groups -OCH3 is 2. The molecule has 0 bridgehead atoms. The zero-order chi connectivity index (χ0) is 21.3. The summed E-state index contributed by atoms with van der Waals surface area (Å²) in [5, 5.41) is 2.77. The summed E-state index contributed by atoms with van der Waals surface area (Å²) in [6, 6.07) is 13.2. The van der Waals surface area contributed by atoms with Crippen molar-refractivity contribution < 1.29 is 27.4 Å². The van der Waals surface area contributed by atoms with Crippen LogP contribution >= 0.6 is 0 Å². The number of carbonyl (C=O) groups is 1. The lowest BCUT2D eigenvalue weighted by Gasteiger charge is -2.15. The molecule has 0 aliphatic heterocycles. The molecule has 0 aliphatic carbocycles. The first-order chi connectivity index (χ1) is 13.9. The molecule has 2 rings (SSSR count). The molecule has 0 radical (unpaired) electrons. The summed E-state index contributed by atoms with van der Waals surface area (Å²) in [5.41, 5.74) is 0.769. The number of amides is 1. The number of rotatable bonds is 11. The van der Waals surface area contributed by atoms with Crippen molar-refractivity contribution in [3.05, 3.63) is 54.1 Å². The van der Waals surface area contributed by atoms with E-state index < -0.39 is 16.1 Å². The van der Waals surface area contributed by atoms with Gasteiger partial charge in [0.1, 0.15) is 11.5 Å². The molecule has 9 heteroatoms. The number of sulfonamides is 1. The van der Waals surface area contributed by atoms with Crippen molar-refractivity contribution in [2.45, 2.75) is 24.5 Å². The van der Waals surface area contributed by atoms with Gasteiger partial charge in [0.25, 0.3) is 5.91 Å². The van der Waals surface area contributed by atoms with Gasteiger partial charge in [0.2, 0.25) is 10.0 Å². The van der Waals surface area contributed by atoms with Gasteiger partial charge in [-0.1, -0.05) is 12.1 Å². The monoisotopic (exact) mass is 422 g/mol. The van der Waals surface area contributed by atoms with Crippen LogP contribution in [0.5, 0.6) is 11.5 Å². The summed E-state index contributed by atoms with van der Waals surface area (Å²) >= 11 is 0. The van der Waals surface area contributed by atoms with Crippen LogP contribution in [0.3, 0.4) is 0 Å². The van der Waals surface area contributed by atoms with Crippen molar-refractivity contribution in [2.75, 3.05) is 27.4 Å². The van der Waals surface area contributed by atoms with Gasteiger partial charge in [0, 0.05) is 20.2 Å². The predicted molar refractivity (Wildman–Crippen MR) is 108 cm³/mol. The van der Waals surface area contributed by atoms with Crippen molar-refractivity contribution in [1.82, 2.24) is 10.0 Å². The zero-order valence-corrected chi connectivity index (χ0v) is 17.5. The van der Waals surface area contributed by atoms with E-state index in [0.717, 1.165) is 5.56 Å². The van der Waals surface area contributed by atoms with Crippen LogP contribution in [0.2, 0.25) is 0 Å². The second-order valence-corrected chi connectivity index (χ2v) is 7.95. The molecular formula is C20H26N2O6S. The van der Waals surface area contributed by atoms with Crippen molar-refractivity contribution in [3.63, 3.8) is 0 Å². The molecule has 8 nitrogen and oxygen atoms in total. The molecule has 0 spiro atoms. The first kappa shape index (κ1) is 22.7. The van der Waals surface area contributed by atoms with Crippen LogP contribution in [-0.2, 0) is 26.1 Å². The third kappa shape index (κ3) is 7.04. The van der Waals surface area contributed by atoms with Crippen LogP contribution in [0.1, 0.15) is 12.5 Å². The third-order valence-corrected chi connectivity index (χ3v) is 5.52. The Balaban J connectivity index is 1.86. The molecule has 2 N–H and O–H groups in total. The first-order valence-electron chi connectivity index (χ1n) is 9.01. The Labute approximate surface area is 171 Å². The molecule has 158 valence electrons. The second kappa shape index (κ2) is 10.8. The summed E-state index contributed by atoms with van der Waals surface area (Å²) in [6.45, 7) is 2.40. The average molecular weight is 423 g/mol. The Kier molecular flexibility index (Phi) is 8.44. The van der Waals surface area contributed by atoms with Gasteiger partial charge in [-0.2, -0.15) is 0 Å². The van der Waals surface area contributed by atoms with Crippen molar-refractivity contribution >= 4 is 15.9 Å². The smallest absolute Gasteiger partial charge is 0.261 e. The van der Waals surface area contributed by atoms with Gasteiger partial charge >= 0.3 is 0 Å². The molecule has 2 aromatic carbocycles. The maximum Gasteiger partial charge on any atom is 0.261 e. The van der Waals surface area contributed by atoms with E-state index in [1.807, 2.05) is 0 Å². The van der Waals surface area contributed by atoms with Gasteiger partial charge in [-0.25, -0.2) is 13.1 Å². The number of hydrogen-bond donors (Lipinski definition) is 2. The number of ether oxygens (including phenoxy) is 3. The lowest BCUT2D eigenvalue weighted by molar-refractivity contribution is -0.127. The number of carbonyl (C=O) groups excluding carboxylic acids is 1. The van der Waals surface area contributed by atoms with Crippen molar-refractivity contribution in [3.8, 4) is 11.5 Å². The second-order valence-electron chi connectivity index (χ2n) is 6.19. The minimum atomic E-state index is -3.58. The minimum Gasteiger partial charge on any atom is -0.497 e. The molecule has 1 unspecified atom stereocenters. The van der Waals surface area contributed by atoms with E-state index in [1.165, 1.54) is 19.2 Å². The van der Waals surface area contributed by atoms with E-state index >= 15 is 0 Å². The highest BCUT2D eigenvalue weighted by Gasteiger charge is 2.15. The summed E-state index contributed by atoms with van der Waals surface area (Å²) in [6.07, 6.45) is -0.687. The Bertz CT molecular complexity index is 882. The highest BCUT2D eigenvalue weighted by Crippen LogP contribution is 2.18. The normalized spacial score (nSPS) is 12.2. The fourth-order valence-electron chi connectivity index (χ4n) is 2.39. The summed E-state index contributed by atoms with van der Waals surface area (Å²) in [5.74, 6) is 0.983. The van der Waals surface area contributed by atoms with Gasteiger partial charge in [0.05, 0.1) is 18.6 Å². The highest BCUT2D eigenvalue weighted by atomic mass is 32.2. The Hall–Kier alpha value is -2.62. The van der Waals surface area contributed by atoms with E-state index in [1.54, 1.807) is 50.4 Å². The number of hydrogen-bond acceptors (Lipinski definition) is 6. The van der Waals surface area contributed by atoms with Gasteiger partial charge < -0.3 is 19.5 Å². The lowest BCUT2D eigenvalue weighted by atomic mass is 10.2. The molecule has 29 heavy (non-hydrogen) atoms. The van der Waals surface area contributed by atoms with E-state index in [9.17, 15) is 13.2 Å². The molecule has 0 fully saturated rings. The predicted octanol–water partition coefficient (Wildman–Crippen LogP) is 1.70. The molecule has 2 aromatic rings. The van der Waals surface area contributed by atoms with Gasteiger partial charge in [-0.05, 0) is 48.9 Å². The topological polar surface area (TPSA) is 103 Å². The minimum absolute atomic E-state index is 0.153. The first-order valence-corrected chi connectivity index (χ1v) is 10.5. The van der Waals surface area contributed by atoms with Crippen LogP contribution in [-0.4, -0.2) is 47.8 Å². The van der Waals surface area contributed by atoms with Crippen LogP contribution in [0.4, 0.5) is 0 Å². The SMILES string of the molecule is COCCNS(=O)(=O)c1ccc(CNC(=O)C(C)Oc2ccc(OC)cc2)cc1. The maximum atomic E-state index is 12.2. The third-order valence-electron chi connectivity index (χ3n) is 4.04. The molecule has 0 aromatic heterocycles. The average Bonchev–Trinajstić information content (AvgIpc) is 2.73. The molecule has 0 heterocycles. The van der Waals surface area contributed by atoms with E-state index in [4.69, 9.17) is 14.2 Å². The highest BCUT2D eigenvalue weighted by molar-refractivity contribution is 7.89. The Morgan fingerprint density at radius 2 is 1.62 bits per heavy atom. The lowest BCUT2D eigenvalue weighted by Crippen LogP contribution is -2.35. The van der Waals surface area contributed by atoms with E-state index in [0.29, 0.717) is 18.1 Å². The van der Waals surface area contributed by atoms with E-state index in [-0.39, 0.29) is 23.9 Å². The molecular weight excluding hydrogens is 396 g/mol. The molecule has 1 amide bonds. The molecule has 0 saturated heterocycles. The standard InChI is InChI=1S/C20H26N2O6S/c1-15(28-18-8-6-17(27-3)7-9-18)20(23)21-14-16-4-10-19(11-5-16)29(24,25)22-12-13-26-2/h4-11,15,22H,12-14H2,1-3H3,(H,21,23). The molecule has 0 saturated carbocycles. The van der Waals surface area contributed by atoms with Crippen LogP contribution in [0.25, 0.3) is 0 Å². The largest absolute Gasteiger partial charge is 0.497 e. The fraction of sp³-hybridized carbons (Fsp3) is 0.350. The summed E-state index contributed by atoms with van der Waals surface area (Å²) < 4.78 is 42.2. The Morgan fingerprint density at radius 1 is 1.00 bits per heavy atom. The van der Waals surface area contributed by atoms with Crippen LogP contribution in [0, 0.1) is 0 Å². The number of benzene rings is 2. The van der Waals surface area contributed by atoms with E-state index in [2.05, 4.69) is 10.0 Å². The van der Waals surface area contributed by atoms with Gasteiger partial charge in [-0.3, -0.25) is 4.79 Å².